The summed E-state index contributed by atoms with van der Waals surface area (Å²) in [6.07, 6.45) is 10.4. The van der Waals surface area contributed by atoms with Crippen LogP contribution in [-0.2, 0) is 4.79 Å². The smallest absolute Gasteiger partial charge is 0.234 e. The van der Waals surface area contributed by atoms with Crippen LogP contribution in [0, 0.1) is 5.92 Å². The Balaban J connectivity index is 1.64. The van der Waals surface area contributed by atoms with E-state index in [1.165, 1.54) is 19.3 Å². The number of likely N-dealkylation sites (tertiary alicyclic amines) is 1. The van der Waals surface area contributed by atoms with E-state index in [9.17, 15) is 9.90 Å². The van der Waals surface area contributed by atoms with Crippen LogP contribution in [0.3, 0.4) is 0 Å². The number of rotatable bonds is 7. The fourth-order valence-electron chi connectivity index (χ4n) is 6.34. The molecule has 7 nitrogen and oxygen atoms in total. The molecule has 3 atom stereocenters. The van der Waals surface area contributed by atoms with Gasteiger partial charge in [-0.1, -0.05) is 32.1 Å². The maximum Gasteiger partial charge on any atom is 0.234 e. The van der Waals surface area contributed by atoms with Gasteiger partial charge in [0.1, 0.15) is 0 Å². The molecule has 184 valence electrons. The highest BCUT2D eigenvalue weighted by Crippen LogP contribution is 2.51. The van der Waals surface area contributed by atoms with Gasteiger partial charge in [0.05, 0.1) is 33.5 Å². The number of piperidine rings is 1. The van der Waals surface area contributed by atoms with E-state index >= 15 is 0 Å². The van der Waals surface area contributed by atoms with Crippen molar-refractivity contribution >= 4 is 5.91 Å². The topological polar surface area (TPSA) is 80.3 Å². The van der Waals surface area contributed by atoms with Crippen LogP contribution in [0.25, 0.3) is 0 Å². The molecule has 0 radical (unpaired) electrons. The lowest BCUT2D eigenvalue weighted by Crippen LogP contribution is -2.56. The molecule has 1 aliphatic heterocycles. The van der Waals surface area contributed by atoms with Gasteiger partial charge in [0, 0.05) is 24.5 Å². The molecular formula is C26H40N2O5. The SMILES string of the molecule is COc1cc([C@H]2C3CCCCC3(O)CCN2CC(=O)NC2CCCCC2)cc(OC)c1OC. The third-order valence-corrected chi connectivity index (χ3v) is 8.02. The molecule has 2 unspecified atom stereocenters. The van der Waals surface area contributed by atoms with E-state index in [0.717, 1.165) is 44.1 Å². The molecule has 4 rings (SSSR count). The maximum absolute atomic E-state index is 13.1. The predicted octanol–water partition coefficient (Wildman–Crippen LogP) is 3.83. The molecule has 1 heterocycles. The summed E-state index contributed by atoms with van der Waals surface area (Å²) in [7, 11) is 4.84. The number of hydrogen-bond donors (Lipinski definition) is 2. The van der Waals surface area contributed by atoms with E-state index < -0.39 is 5.60 Å². The van der Waals surface area contributed by atoms with Crippen molar-refractivity contribution in [3.63, 3.8) is 0 Å². The summed E-state index contributed by atoms with van der Waals surface area (Å²) >= 11 is 0. The molecule has 2 N–H and O–H groups in total. The van der Waals surface area contributed by atoms with E-state index in [1.807, 2.05) is 12.1 Å². The Kier molecular flexibility index (Phi) is 7.69. The van der Waals surface area contributed by atoms with Gasteiger partial charge in [0.25, 0.3) is 0 Å². The molecular weight excluding hydrogens is 420 g/mol. The third-order valence-electron chi connectivity index (χ3n) is 8.02. The second kappa shape index (κ2) is 10.5. The highest BCUT2D eigenvalue weighted by Gasteiger charge is 2.49. The standard InChI is InChI=1S/C26H40N2O5/c1-31-21-15-18(16-22(32-2)25(21)33-3)24-20-11-7-8-12-26(20,30)13-14-28(24)17-23(29)27-19-9-5-4-6-10-19/h15-16,19-20,24,30H,4-14,17H2,1-3H3,(H,27,29)/t20?,24-,26?/m0/s1. The number of nitrogens with one attached hydrogen (secondary N) is 1. The minimum absolute atomic E-state index is 0.0605. The van der Waals surface area contributed by atoms with Gasteiger partial charge in [-0.2, -0.15) is 0 Å². The highest BCUT2D eigenvalue weighted by atomic mass is 16.5. The van der Waals surface area contributed by atoms with Crippen LogP contribution in [0.5, 0.6) is 17.2 Å². The van der Waals surface area contributed by atoms with E-state index in [2.05, 4.69) is 10.2 Å². The summed E-state index contributed by atoms with van der Waals surface area (Å²) in [5.74, 6) is 1.90. The average molecular weight is 461 g/mol. The molecule has 2 aliphatic carbocycles. The summed E-state index contributed by atoms with van der Waals surface area (Å²) in [4.78, 5) is 15.3. The largest absolute Gasteiger partial charge is 0.493 e. The average Bonchev–Trinajstić information content (AvgIpc) is 2.83. The Labute approximate surface area is 197 Å². The Morgan fingerprint density at radius 3 is 2.30 bits per heavy atom. The van der Waals surface area contributed by atoms with Crippen LogP contribution >= 0.6 is 0 Å². The lowest BCUT2D eigenvalue weighted by Gasteiger charge is -2.52. The number of carbonyl (C=O) groups is 1. The van der Waals surface area contributed by atoms with Crippen LogP contribution in [-0.4, -0.2) is 62.0 Å². The van der Waals surface area contributed by atoms with Crippen molar-refractivity contribution in [2.45, 2.75) is 81.9 Å². The molecule has 33 heavy (non-hydrogen) atoms. The number of hydrogen-bond acceptors (Lipinski definition) is 6. The van der Waals surface area contributed by atoms with Crippen molar-refractivity contribution in [2.75, 3.05) is 34.4 Å². The Bertz CT molecular complexity index is 800. The van der Waals surface area contributed by atoms with Crippen LogP contribution in [0.1, 0.15) is 75.8 Å². The number of methoxy groups -OCH3 is 3. The zero-order valence-corrected chi connectivity index (χ0v) is 20.4. The van der Waals surface area contributed by atoms with Crippen molar-refractivity contribution in [2.24, 2.45) is 5.92 Å². The van der Waals surface area contributed by atoms with E-state index in [-0.39, 0.29) is 17.9 Å². The number of fused-ring (bicyclic) bond motifs is 1. The molecule has 0 spiro atoms. The zero-order chi connectivity index (χ0) is 23.4. The number of benzene rings is 1. The van der Waals surface area contributed by atoms with Gasteiger partial charge in [-0.25, -0.2) is 0 Å². The first kappa shape index (κ1) is 24.1. The van der Waals surface area contributed by atoms with Crippen molar-refractivity contribution < 1.29 is 24.1 Å². The second-order valence-electron chi connectivity index (χ2n) is 9.98. The minimum Gasteiger partial charge on any atom is -0.493 e. The molecule has 2 saturated carbocycles. The van der Waals surface area contributed by atoms with Crippen LogP contribution in [0.15, 0.2) is 12.1 Å². The molecule has 0 aromatic heterocycles. The monoisotopic (exact) mass is 460 g/mol. The maximum atomic E-state index is 13.1. The van der Waals surface area contributed by atoms with Crippen LogP contribution < -0.4 is 19.5 Å². The molecule has 1 aromatic rings. The molecule has 1 amide bonds. The first-order valence-corrected chi connectivity index (χ1v) is 12.5. The quantitative estimate of drug-likeness (QED) is 0.644. The summed E-state index contributed by atoms with van der Waals surface area (Å²) in [6.45, 7) is 1.02. The van der Waals surface area contributed by atoms with Crippen LogP contribution in [0.2, 0.25) is 0 Å². The molecule has 3 aliphatic rings. The molecule has 3 fully saturated rings. The Morgan fingerprint density at radius 1 is 1.00 bits per heavy atom. The second-order valence-corrected chi connectivity index (χ2v) is 9.98. The van der Waals surface area contributed by atoms with Gasteiger partial charge in [-0.05, 0) is 49.8 Å². The van der Waals surface area contributed by atoms with Crippen molar-refractivity contribution in [3.8, 4) is 17.2 Å². The highest BCUT2D eigenvalue weighted by molar-refractivity contribution is 5.78. The number of amides is 1. The van der Waals surface area contributed by atoms with Gasteiger partial charge >= 0.3 is 0 Å². The molecule has 1 saturated heterocycles. The lowest BCUT2D eigenvalue weighted by molar-refractivity contribution is -0.138. The summed E-state index contributed by atoms with van der Waals surface area (Å²) in [5, 5.41) is 14.8. The lowest BCUT2D eigenvalue weighted by atomic mass is 9.66. The van der Waals surface area contributed by atoms with E-state index in [0.29, 0.717) is 42.8 Å². The van der Waals surface area contributed by atoms with Crippen LogP contribution in [0.4, 0.5) is 0 Å². The van der Waals surface area contributed by atoms with Crippen molar-refractivity contribution in [3.05, 3.63) is 17.7 Å². The van der Waals surface area contributed by atoms with Gasteiger partial charge in [0.2, 0.25) is 11.7 Å². The molecule has 1 aromatic carbocycles. The molecule has 7 heteroatoms. The summed E-state index contributed by atoms with van der Waals surface area (Å²) in [5.41, 5.74) is 0.305. The fraction of sp³-hybridized carbons (Fsp3) is 0.731. The normalized spacial score (nSPS) is 28.6. The Hall–Kier alpha value is -1.99. The number of aliphatic hydroxyl groups is 1. The third kappa shape index (κ3) is 5.09. The summed E-state index contributed by atoms with van der Waals surface area (Å²) < 4.78 is 16.8. The minimum atomic E-state index is -0.695. The van der Waals surface area contributed by atoms with E-state index in [1.54, 1.807) is 21.3 Å². The van der Waals surface area contributed by atoms with Gasteiger partial charge in [-0.15, -0.1) is 0 Å². The van der Waals surface area contributed by atoms with Gasteiger partial charge in [-0.3, -0.25) is 9.69 Å². The first-order chi connectivity index (χ1) is 16.0. The predicted molar refractivity (Wildman–Crippen MR) is 127 cm³/mol. The fourth-order valence-corrected chi connectivity index (χ4v) is 6.34. The summed E-state index contributed by atoms with van der Waals surface area (Å²) in [6, 6.07) is 4.17. The number of ether oxygens (including phenoxy) is 3. The Morgan fingerprint density at radius 2 is 1.67 bits per heavy atom. The number of carbonyl (C=O) groups excluding carboxylic acids is 1. The number of nitrogens with zero attached hydrogens (tertiary/aromatic N) is 1. The first-order valence-electron chi connectivity index (χ1n) is 12.5. The molecule has 0 bridgehead atoms. The van der Waals surface area contributed by atoms with E-state index in [4.69, 9.17) is 14.2 Å². The van der Waals surface area contributed by atoms with Crippen molar-refractivity contribution in [1.29, 1.82) is 0 Å². The van der Waals surface area contributed by atoms with Crippen molar-refractivity contribution in [1.82, 2.24) is 10.2 Å². The van der Waals surface area contributed by atoms with Gasteiger partial charge in [0.15, 0.2) is 11.5 Å². The zero-order valence-electron chi connectivity index (χ0n) is 20.4. The van der Waals surface area contributed by atoms with Gasteiger partial charge < -0.3 is 24.6 Å².